The number of rotatable bonds is 7. The van der Waals surface area contributed by atoms with Gasteiger partial charge in [0.15, 0.2) is 0 Å². The molecule has 1 N–H and O–H groups in total. The highest BCUT2D eigenvalue weighted by Gasteiger charge is 2.28. The van der Waals surface area contributed by atoms with Crippen molar-refractivity contribution in [1.29, 1.82) is 0 Å². The molecular weight excluding hydrogens is 272 g/mol. The first-order chi connectivity index (χ1) is 9.70. The molecule has 3 nitrogen and oxygen atoms in total. The van der Waals surface area contributed by atoms with Crippen molar-refractivity contribution in [2.45, 2.75) is 25.9 Å². The number of nitrogens with zero attached hydrogens (tertiary/aromatic N) is 1. The molecule has 1 saturated heterocycles. The summed E-state index contributed by atoms with van der Waals surface area (Å²) >= 11 is 6.22. The lowest BCUT2D eigenvalue weighted by Crippen LogP contribution is -2.41. The first kappa shape index (κ1) is 15.8. The van der Waals surface area contributed by atoms with Crippen LogP contribution in [0, 0.1) is 5.92 Å². The van der Waals surface area contributed by atoms with Crippen molar-refractivity contribution in [3.8, 4) is 0 Å². The van der Waals surface area contributed by atoms with Crippen LogP contribution < -0.4 is 5.32 Å². The average Bonchev–Trinajstić information content (AvgIpc) is 2.86. The first-order valence-electron chi connectivity index (χ1n) is 7.43. The van der Waals surface area contributed by atoms with Gasteiger partial charge in [-0.3, -0.25) is 0 Å². The third-order valence-corrected chi connectivity index (χ3v) is 4.17. The Hall–Kier alpha value is -0.610. The van der Waals surface area contributed by atoms with Crippen molar-refractivity contribution in [3.05, 3.63) is 34.9 Å². The van der Waals surface area contributed by atoms with E-state index in [9.17, 15) is 0 Å². The van der Waals surface area contributed by atoms with Gasteiger partial charge in [-0.2, -0.15) is 0 Å². The molecule has 20 heavy (non-hydrogen) atoms. The Kier molecular flexibility index (Phi) is 6.30. The molecule has 0 aromatic heterocycles. The van der Waals surface area contributed by atoms with E-state index in [2.05, 4.69) is 30.3 Å². The lowest BCUT2D eigenvalue weighted by molar-refractivity contribution is 0.172. The summed E-state index contributed by atoms with van der Waals surface area (Å²) in [5.74, 6) is 0.564. The molecule has 0 radical (unpaired) electrons. The highest BCUT2D eigenvalue weighted by Crippen LogP contribution is 2.19. The Morgan fingerprint density at radius 3 is 2.90 bits per heavy atom. The molecule has 1 aliphatic rings. The minimum Gasteiger partial charge on any atom is -0.379 e. The second kappa shape index (κ2) is 7.99. The molecule has 4 heteroatoms. The molecule has 0 aliphatic carbocycles. The molecule has 1 heterocycles. The largest absolute Gasteiger partial charge is 0.379 e. The molecule has 1 aromatic rings. The number of hydrogen-bond acceptors (Lipinski definition) is 3. The minimum absolute atomic E-state index is 0.489. The van der Waals surface area contributed by atoms with E-state index in [1.807, 2.05) is 18.2 Å². The Labute approximate surface area is 127 Å². The Bertz CT molecular complexity index is 413. The zero-order valence-electron chi connectivity index (χ0n) is 12.4. The fourth-order valence-corrected chi connectivity index (χ4v) is 2.91. The molecule has 1 fully saturated rings. The van der Waals surface area contributed by atoms with E-state index in [1.165, 1.54) is 12.0 Å². The number of hydrogen-bond donors (Lipinski definition) is 1. The lowest BCUT2D eigenvalue weighted by atomic mass is 10.0. The fraction of sp³-hybridized carbons (Fsp3) is 0.625. The highest BCUT2D eigenvalue weighted by molar-refractivity contribution is 6.31. The van der Waals surface area contributed by atoms with E-state index in [1.54, 1.807) is 0 Å². The zero-order chi connectivity index (χ0) is 14.4. The summed E-state index contributed by atoms with van der Waals surface area (Å²) in [5, 5.41) is 4.43. The average molecular weight is 297 g/mol. The van der Waals surface area contributed by atoms with Gasteiger partial charge in [0.2, 0.25) is 0 Å². The summed E-state index contributed by atoms with van der Waals surface area (Å²) in [6.07, 6.45) is 1.17. The second-order valence-corrected chi connectivity index (χ2v) is 6.05. The molecule has 0 saturated carbocycles. The topological polar surface area (TPSA) is 24.5 Å². The number of ether oxygens (including phenoxy) is 1. The smallest absolute Gasteiger partial charge is 0.0623 e. The van der Waals surface area contributed by atoms with E-state index < -0.39 is 0 Å². The van der Waals surface area contributed by atoms with Crippen LogP contribution in [-0.2, 0) is 11.3 Å². The summed E-state index contributed by atoms with van der Waals surface area (Å²) in [4.78, 5) is 2.33. The predicted octanol–water partition coefficient (Wildman–Crippen LogP) is 2.79. The molecule has 112 valence electrons. The van der Waals surface area contributed by atoms with Crippen molar-refractivity contribution in [2.24, 2.45) is 5.92 Å². The third-order valence-electron chi connectivity index (χ3n) is 3.80. The van der Waals surface area contributed by atoms with Crippen molar-refractivity contribution >= 4 is 11.6 Å². The van der Waals surface area contributed by atoms with Gasteiger partial charge >= 0.3 is 0 Å². The van der Waals surface area contributed by atoms with E-state index in [0.717, 1.165) is 37.9 Å². The number of benzene rings is 1. The van der Waals surface area contributed by atoms with E-state index in [-0.39, 0.29) is 0 Å². The molecule has 1 aromatic carbocycles. The highest BCUT2D eigenvalue weighted by atomic mass is 35.5. The van der Waals surface area contributed by atoms with Gasteiger partial charge in [-0.15, -0.1) is 0 Å². The van der Waals surface area contributed by atoms with Crippen molar-refractivity contribution in [3.63, 3.8) is 0 Å². The molecular formula is C16H25ClN2O. The van der Waals surface area contributed by atoms with Crippen molar-refractivity contribution in [1.82, 2.24) is 10.2 Å². The van der Waals surface area contributed by atoms with Crippen LogP contribution in [0.15, 0.2) is 24.3 Å². The van der Waals surface area contributed by atoms with Crippen LogP contribution in [0.3, 0.4) is 0 Å². The maximum Gasteiger partial charge on any atom is 0.0623 e. The fourth-order valence-electron chi connectivity index (χ4n) is 2.72. The second-order valence-electron chi connectivity index (χ2n) is 5.65. The van der Waals surface area contributed by atoms with Gasteiger partial charge in [0.1, 0.15) is 0 Å². The Morgan fingerprint density at radius 2 is 2.15 bits per heavy atom. The van der Waals surface area contributed by atoms with Gasteiger partial charge in [-0.1, -0.05) is 36.7 Å². The van der Waals surface area contributed by atoms with Crippen LogP contribution in [0.5, 0.6) is 0 Å². The van der Waals surface area contributed by atoms with Crippen LogP contribution in [0.2, 0.25) is 5.02 Å². The molecule has 2 rings (SSSR count). The Morgan fingerprint density at radius 1 is 1.35 bits per heavy atom. The quantitative estimate of drug-likeness (QED) is 0.837. The van der Waals surface area contributed by atoms with Gasteiger partial charge < -0.3 is 15.0 Å². The van der Waals surface area contributed by atoms with E-state index >= 15 is 0 Å². The van der Waals surface area contributed by atoms with E-state index in [0.29, 0.717) is 12.0 Å². The number of halogens is 1. The predicted molar refractivity (Wildman–Crippen MR) is 84.2 cm³/mol. The minimum atomic E-state index is 0.489. The summed E-state index contributed by atoms with van der Waals surface area (Å²) in [6.45, 7) is 6.88. The van der Waals surface area contributed by atoms with Crippen LogP contribution in [0.1, 0.15) is 18.9 Å². The summed E-state index contributed by atoms with van der Waals surface area (Å²) in [5.41, 5.74) is 1.19. The molecule has 2 atom stereocenters. The molecule has 0 spiro atoms. The maximum absolute atomic E-state index is 6.22. The van der Waals surface area contributed by atoms with Gasteiger partial charge in [0.25, 0.3) is 0 Å². The molecule has 0 amide bonds. The van der Waals surface area contributed by atoms with Crippen molar-refractivity contribution in [2.75, 3.05) is 33.4 Å². The van der Waals surface area contributed by atoms with Crippen LogP contribution >= 0.6 is 11.6 Å². The van der Waals surface area contributed by atoms with Gasteiger partial charge in [-0.05, 0) is 31.6 Å². The van der Waals surface area contributed by atoms with Crippen LogP contribution in [-0.4, -0.2) is 44.3 Å². The van der Waals surface area contributed by atoms with Crippen LogP contribution in [0.4, 0.5) is 0 Å². The summed E-state index contributed by atoms with van der Waals surface area (Å²) in [6, 6.07) is 8.55. The lowest BCUT2D eigenvalue weighted by Gasteiger charge is -2.25. The molecule has 2 unspecified atom stereocenters. The van der Waals surface area contributed by atoms with E-state index in [4.69, 9.17) is 16.3 Å². The van der Waals surface area contributed by atoms with Gasteiger partial charge in [0, 0.05) is 30.1 Å². The van der Waals surface area contributed by atoms with Gasteiger partial charge in [0.05, 0.1) is 13.2 Å². The van der Waals surface area contributed by atoms with Crippen molar-refractivity contribution < 1.29 is 4.74 Å². The third kappa shape index (κ3) is 4.45. The Balaban J connectivity index is 1.84. The SMILES string of the molecule is CCCNC1COCC1CN(C)Cc1ccccc1Cl. The summed E-state index contributed by atoms with van der Waals surface area (Å²) < 4.78 is 5.63. The maximum atomic E-state index is 6.22. The monoisotopic (exact) mass is 296 g/mol. The zero-order valence-corrected chi connectivity index (χ0v) is 13.2. The first-order valence-corrected chi connectivity index (χ1v) is 7.81. The van der Waals surface area contributed by atoms with Gasteiger partial charge in [-0.25, -0.2) is 0 Å². The normalized spacial score (nSPS) is 22.6. The number of nitrogens with one attached hydrogen (secondary N) is 1. The summed E-state index contributed by atoms with van der Waals surface area (Å²) in [7, 11) is 2.15. The standard InChI is InChI=1S/C16H25ClN2O/c1-3-8-18-16-12-20-11-14(16)10-19(2)9-13-6-4-5-7-15(13)17/h4-7,14,16,18H,3,8-12H2,1-2H3. The molecule has 0 bridgehead atoms. The van der Waals surface area contributed by atoms with Crippen LogP contribution in [0.25, 0.3) is 0 Å². The molecule has 1 aliphatic heterocycles.